The van der Waals surface area contributed by atoms with E-state index >= 15 is 0 Å². The molecule has 0 radical (unpaired) electrons. The number of hydrogen-bond donors (Lipinski definition) is 0. The minimum absolute atomic E-state index is 0.347. The van der Waals surface area contributed by atoms with Gasteiger partial charge >= 0.3 is 0 Å². The summed E-state index contributed by atoms with van der Waals surface area (Å²) < 4.78 is 0. The summed E-state index contributed by atoms with van der Waals surface area (Å²) in [5, 5.41) is 4.70. The normalized spacial score (nSPS) is 19.5. The molecule has 1 saturated carbocycles. The molecule has 1 unspecified atom stereocenters. The zero-order valence-electron chi connectivity index (χ0n) is 9.12. The Morgan fingerprint density at radius 3 is 2.87 bits per heavy atom. The van der Waals surface area contributed by atoms with E-state index in [2.05, 4.69) is 16.8 Å². The van der Waals surface area contributed by atoms with E-state index in [1.165, 1.54) is 44.1 Å². The molecule has 0 spiro atoms. The highest BCUT2D eigenvalue weighted by Crippen LogP contribution is 2.30. The number of halogens is 1. The summed E-state index contributed by atoms with van der Waals surface area (Å²) >= 11 is 8.12. The lowest BCUT2D eigenvalue weighted by Gasteiger charge is -2.12. The van der Waals surface area contributed by atoms with Gasteiger partial charge in [0.25, 0.3) is 0 Å². The van der Waals surface area contributed by atoms with E-state index < -0.39 is 0 Å². The lowest BCUT2D eigenvalue weighted by molar-refractivity contribution is 0.476. The molecular formula is C13H19ClS. The molecule has 1 aromatic heterocycles. The van der Waals surface area contributed by atoms with Gasteiger partial charge < -0.3 is 0 Å². The quantitative estimate of drug-likeness (QED) is 0.647. The minimum atomic E-state index is 0.347. The Morgan fingerprint density at radius 2 is 2.20 bits per heavy atom. The van der Waals surface area contributed by atoms with Crippen molar-refractivity contribution in [2.24, 2.45) is 5.92 Å². The number of alkyl halides is 1. The van der Waals surface area contributed by atoms with Crippen molar-refractivity contribution in [3.63, 3.8) is 0 Å². The van der Waals surface area contributed by atoms with Gasteiger partial charge in [-0.05, 0) is 47.6 Å². The van der Waals surface area contributed by atoms with Crippen molar-refractivity contribution in [2.45, 2.75) is 50.3 Å². The maximum absolute atomic E-state index is 6.36. The average molecular weight is 243 g/mol. The Balaban J connectivity index is 1.66. The summed E-state index contributed by atoms with van der Waals surface area (Å²) in [6, 6.07) is 2.19. The third-order valence-corrected chi connectivity index (χ3v) is 4.50. The molecule has 0 aliphatic heterocycles. The van der Waals surface area contributed by atoms with Crippen LogP contribution >= 0.6 is 22.9 Å². The molecule has 1 aromatic rings. The smallest absolute Gasteiger partial charge is 0.0376 e. The van der Waals surface area contributed by atoms with Gasteiger partial charge in [-0.2, -0.15) is 11.3 Å². The van der Waals surface area contributed by atoms with Crippen LogP contribution in [0.3, 0.4) is 0 Å². The van der Waals surface area contributed by atoms with Crippen molar-refractivity contribution in [1.82, 2.24) is 0 Å². The van der Waals surface area contributed by atoms with Gasteiger partial charge in [0.1, 0.15) is 0 Å². The third kappa shape index (κ3) is 3.81. The lowest BCUT2D eigenvalue weighted by atomic mass is 9.99. The van der Waals surface area contributed by atoms with E-state index in [-0.39, 0.29) is 0 Å². The van der Waals surface area contributed by atoms with Gasteiger partial charge in [-0.1, -0.05) is 25.7 Å². The molecule has 1 fully saturated rings. The first-order chi connectivity index (χ1) is 7.34. The van der Waals surface area contributed by atoms with Crippen molar-refractivity contribution in [3.8, 4) is 0 Å². The summed E-state index contributed by atoms with van der Waals surface area (Å²) in [7, 11) is 0. The Labute approximate surface area is 102 Å². The summed E-state index contributed by atoms with van der Waals surface area (Å²) in [4.78, 5) is 0. The van der Waals surface area contributed by atoms with Crippen LogP contribution in [0.4, 0.5) is 0 Å². The minimum Gasteiger partial charge on any atom is -0.152 e. The van der Waals surface area contributed by atoms with E-state index in [4.69, 9.17) is 11.6 Å². The second-order valence-corrected chi connectivity index (χ2v) is 6.06. The number of hydrogen-bond acceptors (Lipinski definition) is 1. The van der Waals surface area contributed by atoms with Crippen LogP contribution < -0.4 is 0 Å². The van der Waals surface area contributed by atoms with Crippen molar-refractivity contribution >= 4 is 22.9 Å². The molecule has 0 saturated heterocycles. The first-order valence-electron chi connectivity index (χ1n) is 6.00. The molecule has 1 heterocycles. The van der Waals surface area contributed by atoms with E-state index in [0.29, 0.717) is 5.38 Å². The summed E-state index contributed by atoms with van der Waals surface area (Å²) in [6.45, 7) is 0. The van der Waals surface area contributed by atoms with Crippen molar-refractivity contribution in [3.05, 3.63) is 22.4 Å². The predicted octanol–water partition coefficient (Wildman–Crippen LogP) is 4.87. The second-order valence-electron chi connectivity index (χ2n) is 4.66. The van der Waals surface area contributed by atoms with E-state index in [1.807, 2.05) is 0 Å². The van der Waals surface area contributed by atoms with E-state index in [1.54, 1.807) is 11.3 Å². The topological polar surface area (TPSA) is 0 Å². The van der Waals surface area contributed by atoms with E-state index in [9.17, 15) is 0 Å². The highest BCUT2D eigenvalue weighted by Gasteiger charge is 2.16. The molecule has 0 aromatic carbocycles. The van der Waals surface area contributed by atoms with Gasteiger partial charge in [-0.25, -0.2) is 0 Å². The standard InChI is InChI=1S/C13H19ClS/c14-13(9-12-7-8-15-10-12)6-5-11-3-1-2-4-11/h7-8,10-11,13H,1-6,9H2. The van der Waals surface area contributed by atoms with Crippen LogP contribution in [-0.4, -0.2) is 5.38 Å². The van der Waals surface area contributed by atoms with Crippen molar-refractivity contribution in [1.29, 1.82) is 0 Å². The maximum Gasteiger partial charge on any atom is 0.0376 e. The number of thiophene rings is 1. The Morgan fingerprint density at radius 1 is 1.40 bits per heavy atom. The summed E-state index contributed by atoms with van der Waals surface area (Å²) in [5.41, 5.74) is 1.41. The fourth-order valence-electron chi connectivity index (χ4n) is 2.48. The maximum atomic E-state index is 6.36. The van der Waals surface area contributed by atoms with Gasteiger partial charge in [0, 0.05) is 5.38 Å². The van der Waals surface area contributed by atoms with Crippen LogP contribution in [0, 0.1) is 5.92 Å². The van der Waals surface area contributed by atoms with Crippen molar-refractivity contribution in [2.75, 3.05) is 0 Å². The highest BCUT2D eigenvalue weighted by atomic mass is 35.5. The molecule has 1 aliphatic carbocycles. The molecule has 0 amide bonds. The molecule has 1 atom stereocenters. The fraction of sp³-hybridized carbons (Fsp3) is 0.692. The van der Waals surface area contributed by atoms with Crippen LogP contribution in [0.1, 0.15) is 44.1 Å². The highest BCUT2D eigenvalue weighted by molar-refractivity contribution is 7.07. The SMILES string of the molecule is ClC(CCC1CCCC1)Cc1ccsc1. The zero-order chi connectivity index (χ0) is 10.5. The van der Waals surface area contributed by atoms with Crippen LogP contribution in [0.2, 0.25) is 0 Å². The first kappa shape index (κ1) is 11.5. The second kappa shape index (κ2) is 5.91. The molecule has 0 nitrogen and oxygen atoms in total. The molecular weight excluding hydrogens is 224 g/mol. The Bertz CT molecular complexity index is 262. The van der Waals surface area contributed by atoms with Crippen LogP contribution in [0.5, 0.6) is 0 Å². The molecule has 2 rings (SSSR count). The monoisotopic (exact) mass is 242 g/mol. The molecule has 15 heavy (non-hydrogen) atoms. The van der Waals surface area contributed by atoms with Gasteiger partial charge in [0.2, 0.25) is 0 Å². The summed E-state index contributed by atoms with van der Waals surface area (Å²) in [6.07, 6.45) is 9.38. The third-order valence-electron chi connectivity index (χ3n) is 3.40. The Kier molecular flexibility index (Phi) is 4.52. The average Bonchev–Trinajstić information content (AvgIpc) is 2.86. The largest absolute Gasteiger partial charge is 0.152 e. The lowest BCUT2D eigenvalue weighted by Crippen LogP contribution is -2.05. The van der Waals surface area contributed by atoms with Gasteiger partial charge in [0.05, 0.1) is 0 Å². The molecule has 0 N–H and O–H groups in total. The Hall–Kier alpha value is -0.0100. The number of rotatable bonds is 5. The molecule has 2 heteroatoms. The van der Waals surface area contributed by atoms with Crippen LogP contribution in [0.15, 0.2) is 16.8 Å². The predicted molar refractivity (Wildman–Crippen MR) is 68.9 cm³/mol. The summed E-state index contributed by atoms with van der Waals surface area (Å²) in [5.74, 6) is 0.980. The van der Waals surface area contributed by atoms with Gasteiger partial charge in [-0.15, -0.1) is 11.6 Å². The van der Waals surface area contributed by atoms with Crippen LogP contribution in [-0.2, 0) is 6.42 Å². The first-order valence-corrected chi connectivity index (χ1v) is 7.37. The van der Waals surface area contributed by atoms with Crippen molar-refractivity contribution < 1.29 is 0 Å². The van der Waals surface area contributed by atoms with E-state index in [0.717, 1.165) is 12.3 Å². The zero-order valence-corrected chi connectivity index (χ0v) is 10.7. The van der Waals surface area contributed by atoms with Crippen LogP contribution in [0.25, 0.3) is 0 Å². The molecule has 1 aliphatic rings. The fourth-order valence-corrected chi connectivity index (χ4v) is 3.47. The van der Waals surface area contributed by atoms with Gasteiger partial charge in [0.15, 0.2) is 0 Å². The van der Waals surface area contributed by atoms with Gasteiger partial charge in [-0.3, -0.25) is 0 Å². The molecule has 0 bridgehead atoms. The molecule has 84 valence electrons.